The average molecular weight is 275 g/mol. The fourth-order valence-electron chi connectivity index (χ4n) is 2.00. The molecule has 0 N–H and O–H groups in total. The van der Waals surface area contributed by atoms with E-state index in [1.165, 1.54) is 0 Å². The van der Waals surface area contributed by atoms with Gasteiger partial charge in [0, 0.05) is 18.1 Å². The highest BCUT2D eigenvalue weighted by Crippen LogP contribution is 2.23. The van der Waals surface area contributed by atoms with Crippen LogP contribution in [-0.4, -0.2) is 23.8 Å². The molecule has 0 saturated heterocycles. The average Bonchev–Trinajstić information content (AvgIpc) is 2.46. The summed E-state index contributed by atoms with van der Waals surface area (Å²) in [6.45, 7) is 4.42. The van der Waals surface area contributed by atoms with Crippen LogP contribution in [0.25, 0.3) is 10.8 Å². The summed E-state index contributed by atoms with van der Waals surface area (Å²) in [6.07, 6.45) is 1.72. The molecule has 20 heavy (non-hydrogen) atoms. The summed E-state index contributed by atoms with van der Waals surface area (Å²) < 4.78 is 11.9. The van der Waals surface area contributed by atoms with Gasteiger partial charge in [-0.3, -0.25) is 4.79 Å². The fourth-order valence-corrected chi connectivity index (χ4v) is 2.00. The number of benzene rings is 1. The Kier molecular flexibility index (Phi) is 4.40. The van der Waals surface area contributed by atoms with Crippen LogP contribution >= 0.6 is 0 Å². The van der Waals surface area contributed by atoms with E-state index in [9.17, 15) is 9.59 Å². The zero-order valence-corrected chi connectivity index (χ0v) is 11.6. The maximum Gasteiger partial charge on any atom is 0.344 e. The molecule has 5 nitrogen and oxygen atoms in total. The third-order valence-electron chi connectivity index (χ3n) is 2.97. The highest BCUT2D eigenvalue weighted by molar-refractivity contribution is 5.87. The molecule has 0 radical (unpaired) electrons. The van der Waals surface area contributed by atoms with Crippen molar-refractivity contribution in [3.63, 3.8) is 0 Å². The minimum atomic E-state index is -0.425. The van der Waals surface area contributed by atoms with E-state index in [1.807, 2.05) is 13.0 Å². The van der Waals surface area contributed by atoms with Crippen LogP contribution in [0.4, 0.5) is 0 Å². The van der Waals surface area contributed by atoms with E-state index in [1.54, 1.807) is 35.9 Å². The van der Waals surface area contributed by atoms with Gasteiger partial charge in [0.25, 0.3) is 5.56 Å². The van der Waals surface area contributed by atoms with Crippen LogP contribution in [0, 0.1) is 0 Å². The lowest BCUT2D eigenvalue weighted by Crippen LogP contribution is -2.19. The van der Waals surface area contributed by atoms with Crippen molar-refractivity contribution in [3.8, 4) is 5.75 Å². The van der Waals surface area contributed by atoms with Gasteiger partial charge in [-0.05, 0) is 32.0 Å². The number of hydrogen-bond acceptors (Lipinski definition) is 4. The van der Waals surface area contributed by atoms with E-state index in [-0.39, 0.29) is 12.2 Å². The molecule has 1 heterocycles. The highest BCUT2D eigenvalue weighted by atomic mass is 16.6. The first-order valence-electron chi connectivity index (χ1n) is 6.58. The molecule has 0 spiro atoms. The summed E-state index contributed by atoms with van der Waals surface area (Å²) >= 11 is 0. The maximum absolute atomic E-state index is 12.2. The minimum absolute atomic E-state index is 0.0633. The van der Waals surface area contributed by atoms with E-state index in [0.29, 0.717) is 29.7 Å². The van der Waals surface area contributed by atoms with Crippen LogP contribution in [-0.2, 0) is 16.1 Å². The van der Waals surface area contributed by atoms with Gasteiger partial charge in [0.1, 0.15) is 5.75 Å². The quantitative estimate of drug-likeness (QED) is 0.783. The molecule has 1 aromatic heterocycles. The normalized spacial score (nSPS) is 10.5. The minimum Gasteiger partial charge on any atom is -0.481 e. The van der Waals surface area contributed by atoms with E-state index < -0.39 is 5.97 Å². The molecular formula is C15H17NO4. The zero-order chi connectivity index (χ0) is 14.5. The van der Waals surface area contributed by atoms with Gasteiger partial charge in [0.2, 0.25) is 0 Å². The van der Waals surface area contributed by atoms with E-state index in [0.717, 1.165) is 0 Å². The van der Waals surface area contributed by atoms with Crippen molar-refractivity contribution in [2.45, 2.75) is 20.4 Å². The van der Waals surface area contributed by atoms with Crippen molar-refractivity contribution in [3.05, 3.63) is 40.8 Å². The molecule has 0 atom stereocenters. The van der Waals surface area contributed by atoms with Gasteiger partial charge in [-0.2, -0.15) is 0 Å². The number of carbonyl (C=O) groups excluding carboxylic acids is 1. The molecule has 0 aliphatic carbocycles. The lowest BCUT2D eigenvalue weighted by molar-refractivity contribution is -0.145. The third kappa shape index (κ3) is 2.82. The Morgan fingerprint density at radius 1 is 1.20 bits per heavy atom. The largest absolute Gasteiger partial charge is 0.481 e. The van der Waals surface area contributed by atoms with Crippen molar-refractivity contribution < 1.29 is 14.3 Å². The predicted octanol–water partition coefficient (Wildman–Crippen LogP) is 1.96. The van der Waals surface area contributed by atoms with Gasteiger partial charge in [0.05, 0.1) is 12.0 Å². The summed E-state index contributed by atoms with van der Waals surface area (Å²) in [5.74, 6) is 0.0855. The summed E-state index contributed by atoms with van der Waals surface area (Å²) in [6, 6.07) is 7.04. The van der Waals surface area contributed by atoms with Gasteiger partial charge in [-0.1, -0.05) is 6.07 Å². The zero-order valence-electron chi connectivity index (χ0n) is 11.6. The molecule has 0 aliphatic heterocycles. The Morgan fingerprint density at radius 3 is 2.70 bits per heavy atom. The van der Waals surface area contributed by atoms with Gasteiger partial charge < -0.3 is 14.0 Å². The van der Waals surface area contributed by atoms with Crippen molar-refractivity contribution in [2.75, 3.05) is 13.2 Å². The van der Waals surface area contributed by atoms with Gasteiger partial charge >= 0.3 is 5.97 Å². The number of rotatable bonds is 5. The molecule has 2 rings (SSSR count). The molecular weight excluding hydrogens is 258 g/mol. The number of aryl methyl sites for hydroxylation is 1. The molecule has 0 unspecified atom stereocenters. The fraction of sp³-hybridized carbons (Fsp3) is 0.333. The Labute approximate surface area is 116 Å². The number of esters is 1. The van der Waals surface area contributed by atoms with Crippen molar-refractivity contribution in [1.29, 1.82) is 0 Å². The molecule has 0 saturated carbocycles. The molecule has 0 bridgehead atoms. The molecule has 0 amide bonds. The maximum atomic E-state index is 12.2. The summed E-state index contributed by atoms with van der Waals surface area (Å²) in [5, 5.41) is 1.28. The van der Waals surface area contributed by atoms with E-state index in [2.05, 4.69) is 0 Å². The SMILES string of the molecule is CCOC(=O)COc1cccc2c(=O)n(CC)ccc12. The van der Waals surface area contributed by atoms with Crippen LogP contribution in [0.5, 0.6) is 5.75 Å². The number of ether oxygens (including phenoxy) is 2. The predicted molar refractivity (Wildman–Crippen MR) is 76.0 cm³/mol. The Bertz CT molecular complexity index is 675. The Morgan fingerprint density at radius 2 is 2.00 bits per heavy atom. The number of fused-ring (bicyclic) bond motifs is 1. The number of carbonyl (C=O) groups is 1. The first-order valence-corrected chi connectivity index (χ1v) is 6.58. The Balaban J connectivity index is 2.33. The van der Waals surface area contributed by atoms with Crippen molar-refractivity contribution >= 4 is 16.7 Å². The van der Waals surface area contributed by atoms with Gasteiger partial charge in [0.15, 0.2) is 6.61 Å². The van der Waals surface area contributed by atoms with Crippen LogP contribution < -0.4 is 10.3 Å². The smallest absolute Gasteiger partial charge is 0.344 e. The van der Waals surface area contributed by atoms with Crippen LogP contribution in [0.15, 0.2) is 35.3 Å². The number of hydrogen-bond donors (Lipinski definition) is 0. The molecule has 2 aromatic rings. The van der Waals surface area contributed by atoms with Crippen LogP contribution in [0.3, 0.4) is 0 Å². The molecule has 106 valence electrons. The first-order chi connectivity index (χ1) is 9.67. The summed E-state index contributed by atoms with van der Waals surface area (Å²) in [4.78, 5) is 23.5. The second-order valence-electron chi connectivity index (χ2n) is 4.22. The van der Waals surface area contributed by atoms with Gasteiger partial charge in [-0.15, -0.1) is 0 Å². The standard InChI is InChI=1S/C15H17NO4/c1-3-16-9-8-11-12(15(16)18)6-5-7-13(11)20-10-14(17)19-4-2/h5-9H,3-4,10H2,1-2H3. The second kappa shape index (κ2) is 6.23. The summed E-state index contributed by atoms with van der Waals surface area (Å²) in [5.41, 5.74) is -0.0633. The lowest BCUT2D eigenvalue weighted by atomic mass is 10.1. The molecule has 1 aromatic carbocycles. The molecule has 0 fully saturated rings. The lowest BCUT2D eigenvalue weighted by Gasteiger charge is -2.10. The van der Waals surface area contributed by atoms with Gasteiger partial charge in [-0.25, -0.2) is 4.79 Å². The number of aromatic nitrogens is 1. The third-order valence-corrected chi connectivity index (χ3v) is 2.97. The molecule has 5 heteroatoms. The highest BCUT2D eigenvalue weighted by Gasteiger charge is 2.09. The second-order valence-corrected chi connectivity index (χ2v) is 4.22. The summed E-state index contributed by atoms with van der Waals surface area (Å²) in [7, 11) is 0. The Hall–Kier alpha value is -2.30. The van der Waals surface area contributed by atoms with E-state index in [4.69, 9.17) is 9.47 Å². The number of pyridine rings is 1. The molecule has 0 aliphatic rings. The van der Waals surface area contributed by atoms with Crippen LogP contribution in [0.1, 0.15) is 13.8 Å². The number of nitrogens with zero attached hydrogens (tertiary/aromatic N) is 1. The van der Waals surface area contributed by atoms with Crippen molar-refractivity contribution in [2.24, 2.45) is 0 Å². The van der Waals surface area contributed by atoms with Crippen LogP contribution in [0.2, 0.25) is 0 Å². The topological polar surface area (TPSA) is 57.5 Å². The monoisotopic (exact) mass is 275 g/mol. The van der Waals surface area contributed by atoms with Crippen molar-refractivity contribution in [1.82, 2.24) is 4.57 Å². The first kappa shape index (κ1) is 14.1. The van der Waals surface area contributed by atoms with E-state index >= 15 is 0 Å².